The normalized spacial score (nSPS) is 16.3. The Morgan fingerprint density at radius 2 is 2.10 bits per heavy atom. The molecule has 0 fully saturated rings. The maximum absolute atomic E-state index is 13.3. The lowest BCUT2D eigenvalue weighted by Crippen LogP contribution is -2.39. The van der Waals surface area contributed by atoms with E-state index < -0.39 is 41.0 Å². The number of carbonyl (C=O) groups excluding carboxylic acids is 2. The van der Waals surface area contributed by atoms with Gasteiger partial charge in [0.15, 0.2) is 0 Å². The molecule has 0 radical (unpaired) electrons. The van der Waals surface area contributed by atoms with E-state index in [1.54, 1.807) is 0 Å². The lowest BCUT2D eigenvalue weighted by Gasteiger charge is -2.22. The molecule has 1 aliphatic heterocycles. The number of pyridine rings is 2. The number of aliphatic hydroxyl groups excluding tert-OH is 1. The molecule has 1 atom stereocenters. The van der Waals surface area contributed by atoms with Gasteiger partial charge >= 0.3 is 0 Å². The third-order valence-electron chi connectivity index (χ3n) is 4.14. The Balaban J connectivity index is 1.52. The number of carbonyl (C=O) groups is 2. The zero-order chi connectivity index (χ0) is 21.3. The van der Waals surface area contributed by atoms with E-state index in [0.717, 1.165) is 18.3 Å². The molecule has 0 saturated heterocycles. The first-order valence-electron chi connectivity index (χ1n) is 8.52. The Morgan fingerprint density at radius 1 is 1.27 bits per heavy atom. The van der Waals surface area contributed by atoms with Crippen molar-refractivity contribution in [3.8, 4) is 11.4 Å². The molecule has 1 unspecified atom stereocenters. The topological polar surface area (TPSA) is 143 Å². The molecule has 4 heterocycles. The van der Waals surface area contributed by atoms with Crippen molar-refractivity contribution in [1.82, 2.24) is 25.4 Å². The summed E-state index contributed by atoms with van der Waals surface area (Å²) in [4.78, 5) is 35.9. The summed E-state index contributed by atoms with van der Waals surface area (Å²) >= 11 is 0. The number of aliphatic hydroxyl groups is 1. The third kappa shape index (κ3) is 3.83. The fourth-order valence-corrected chi connectivity index (χ4v) is 2.76. The summed E-state index contributed by atoms with van der Waals surface area (Å²) in [6.07, 6.45) is 1.93. The SMILES string of the molecule is O=C(Nc1ccc(F)cn1)C1=C(O)CC(c2nc(-c3ccnc(F)c3)no2)NC1=O. The number of hydrogen-bond donors (Lipinski definition) is 3. The van der Waals surface area contributed by atoms with Gasteiger partial charge in [-0.05, 0) is 18.2 Å². The van der Waals surface area contributed by atoms with E-state index in [1.807, 2.05) is 0 Å². The monoisotopic (exact) mass is 414 g/mol. The maximum Gasteiger partial charge on any atom is 0.265 e. The average Bonchev–Trinajstić information content (AvgIpc) is 3.19. The zero-order valence-corrected chi connectivity index (χ0v) is 15.0. The Kier molecular flexibility index (Phi) is 4.88. The van der Waals surface area contributed by atoms with Crippen LogP contribution in [0.5, 0.6) is 0 Å². The highest BCUT2D eigenvalue weighted by atomic mass is 19.1. The van der Waals surface area contributed by atoms with Gasteiger partial charge in [-0.1, -0.05) is 5.16 Å². The highest BCUT2D eigenvalue weighted by molar-refractivity contribution is 6.23. The Hall–Kier alpha value is -4.22. The summed E-state index contributed by atoms with van der Waals surface area (Å²) in [5.41, 5.74) is -0.209. The van der Waals surface area contributed by atoms with Crippen molar-refractivity contribution in [3.63, 3.8) is 0 Å². The second-order valence-corrected chi connectivity index (χ2v) is 6.19. The predicted molar refractivity (Wildman–Crippen MR) is 95.5 cm³/mol. The lowest BCUT2D eigenvalue weighted by molar-refractivity contribution is -0.123. The molecule has 0 aromatic carbocycles. The quantitative estimate of drug-likeness (QED) is 0.433. The van der Waals surface area contributed by atoms with Crippen LogP contribution in [0.25, 0.3) is 11.4 Å². The summed E-state index contributed by atoms with van der Waals surface area (Å²) in [6.45, 7) is 0. The molecule has 3 aromatic heterocycles. The number of nitrogens with zero attached hydrogens (tertiary/aromatic N) is 4. The number of aromatic nitrogens is 4. The van der Waals surface area contributed by atoms with Crippen molar-refractivity contribution in [2.24, 2.45) is 0 Å². The molecular formula is C18H12F2N6O4. The van der Waals surface area contributed by atoms with Crippen molar-refractivity contribution in [2.45, 2.75) is 12.5 Å². The molecule has 1 aliphatic rings. The molecular weight excluding hydrogens is 402 g/mol. The highest BCUT2D eigenvalue weighted by Crippen LogP contribution is 2.27. The van der Waals surface area contributed by atoms with Crippen LogP contribution in [0.1, 0.15) is 18.4 Å². The number of rotatable bonds is 4. The van der Waals surface area contributed by atoms with Crippen molar-refractivity contribution in [2.75, 3.05) is 5.32 Å². The zero-order valence-electron chi connectivity index (χ0n) is 15.0. The first-order chi connectivity index (χ1) is 14.4. The number of anilines is 1. The highest BCUT2D eigenvalue weighted by Gasteiger charge is 2.35. The fraction of sp³-hybridized carbons (Fsp3) is 0.111. The van der Waals surface area contributed by atoms with Crippen LogP contribution in [0.4, 0.5) is 14.6 Å². The smallest absolute Gasteiger partial charge is 0.265 e. The van der Waals surface area contributed by atoms with Crippen LogP contribution in [0, 0.1) is 11.8 Å². The largest absolute Gasteiger partial charge is 0.511 e. The molecule has 2 amide bonds. The third-order valence-corrected chi connectivity index (χ3v) is 4.14. The Morgan fingerprint density at radius 3 is 2.80 bits per heavy atom. The summed E-state index contributed by atoms with van der Waals surface area (Å²) < 4.78 is 31.3. The van der Waals surface area contributed by atoms with E-state index in [2.05, 4.69) is 30.7 Å². The summed E-state index contributed by atoms with van der Waals surface area (Å²) in [5.74, 6) is -3.59. The molecule has 12 heteroatoms. The van der Waals surface area contributed by atoms with Gasteiger partial charge in [-0.15, -0.1) is 0 Å². The van der Waals surface area contributed by atoms with Crippen LogP contribution in [0.3, 0.4) is 0 Å². The molecule has 10 nitrogen and oxygen atoms in total. The van der Waals surface area contributed by atoms with Crippen molar-refractivity contribution >= 4 is 17.6 Å². The van der Waals surface area contributed by atoms with E-state index in [9.17, 15) is 23.5 Å². The van der Waals surface area contributed by atoms with Crippen LogP contribution in [0.2, 0.25) is 0 Å². The van der Waals surface area contributed by atoms with E-state index >= 15 is 0 Å². The van der Waals surface area contributed by atoms with Gasteiger partial charge in [0.2, 0.25) is 17.7 Å². The summed E-state index contributed by atoms with van der Waals surface area (Å²) in [6, 6.07) is 3.97. The van der Waals surface area contributed by atoms with Crippen LogP contribution in [-0.2, 0) is 9.59 Å². The molecule has 4 rings (SSSR count). The van der Waals surface area contributed by atoms with Gasteiger partial charge in [-0.3, -0.25) is 9.59 Å². The minimum absolute atomic E-state index is 0.00255. The van der Waals surface area contributed by atoms with Crippen molar-refractivity contribution in [1.29, 1.82) is 0 Å². The summed E-state index contributed by atoms with van der Waals surface area (Å²) in [7, 11) is 0. The average molecular weight is 414 g/mol. The van der Waals surface area contributed by atoms with Crippen LogP contribution < -0.4 is 10.6 Å². The lowest BCUT2D eigenvalue weighted by atomic mass is 10.0. The fourth-order valence-electron chi connectivity index (χ4n) is 2.76. The molecule has 0 saturated carbocycles. The van der Waals surface area contributed by atoms with Crippen molar-refractivity contribution < 1.29 is 28.0 Å². The van der Waals surface area contributed by atoms with Crippen LogP contribution in [-0.4, -0.2) is 37.0 Å². The molecule has 0 spiro atoms. The molecule has 152 valence electrons. The maximum atomic E-state index is 13.3. The van der Waals surface area contributed by atoms with E-state index in [4.69, 9.17) is 4.52 Å². The van der Waals surface area contributed by atoms with Gasteiger partial charge in [0.05, 0.1) is 6.20 Å². The molecule has 0 bridgehead atoms. The van der Waals surface area contributed by atoms with Gasteiger partial charge in [-0.2, -0.15) is 9.37 Å². The second kappa shape index (κ2) is 7.66. The van der Waals surface area contributed by atoms with E-state index in [0.29, 0.717) is 5.56 Å². The molecule has 3 N–H and O–H groups in total. The van der Waals surface area contributed by atoms with Gasteiger partial charge in [0.25, 0.3) is 11.8 Å². The first-order valence-corrected chi connectivity index (χ1v) is 8.52. The Bertz CT molecular complexity index is 1160. The van der Waals surface area contributed by atoms with Gasteiger partial charge in [0, 0.05) is 24.2 Å². The number of halogens is 2. The number of hydrogen-bond acceptors (Lipinski definition) is 8. The van der Waals surface area contributed by atoms with Crippen LogP contribution >= 0.6 is 0 Å². The van der Waals surface area contributed by atoms with E-state index in [1.165, 1.54) is 18.3 Å². The Labute approximate surface area is 166 Å². The minimum Gasteiger partial charge on any atom is -0.511 e. The minimum atomic E-state index is -0.916. The summed E-state index contributed by atoms with van der Waals surface area (Å²) in [5, 5.41) is 18.8. The van der Waals surface area contributed by atoms with E-state index in [-0.39, 0.29) is 24.0 Å². The number of amides is 2. The van der Waals surface area contributed by atoms with Gasteiger partial charge in [0.1, 0.15) is 29.0 Å². The van der Waals surface area contributed by atoms with Gasteiger partial charge in [-0.25, -0.2) is 14.4 Å². The first kappa shape index (κ1) is 19.1. The van der Waals surface area contributed by atoms with Crippen LogP contribution in [0.15, 0.2) is 52.5 Å². The molecule has 3 aromatic rings. The molecule has 30 heavy (non-hydrogen) atoms. The van der Waals surface area contributed by atoms with Crippen molar-refractivity contribution in [3.05, 3.63) is 65.6 Å². The second-order valence-electron chi connectivity index (χ2n) is 6.19. The molecule has 0 aliphatic carbocycles. The van der Waals surface area contributed by atoms with Gasteiger partial charge < -0.3 is 20.3 Å². The standard InChI is InChI=1S/C18H12F2N6O4/c19-9-1-2-13(22-7-9)24-17(29)14-11(27)6-10(23-16(14)28)18-25-15(26-30-18)8-3-4-21-12(20)5-8/h1-5,7,10,27H,6H2,(H,23,28)(H,22,24,29). The number of nitrogens with one attached hydrogen (secondary N) is 2. The predicted octanol–water partition coefficient (Wildman–Crippen LogP) is 1.82.